The number of para-hydroxylation sites is 1. The molecule has 1 heterocycles. The molecule has 1 aliphatic heterocycles. The van der Waals surface area contributed by atoms with E-state index in [9.17, 15) is 18.0 Å². The summed E-state index contributed by atoms with van der Waals surface area (Å²) in [7, 11) is 1.66. The molecule has 0 aromatic heterocycles. The summed E-state index contributed by atoms with van der Waals surface area (Å²) in [4.78, 5) is 19.5. The second-order valence-electron chi connectivity index (χ2n) is 8.02. The van der Waals surface area contributed by atoms with Crippen molar-refractivity contribution < 1.29 is 22.8 Å². The van der Waals surface area contributed by atoms with Crippen LogP contribution in [0.15, 0.2) is 71.9 Å². The van der Waals surface area contributed by atoms with E-state index in [0.717, 1.165) is 5.69 Å². The van der Waals surface area contributed by atoms with Crippen LogP contribution in [-0.4, -0.2) is 24.8 Å². The van der Waals surface area contributed by atoms with Gasteiger partial charge in [-0.2, -0.15) is 13.2 Å². The van der Waals surface area contributed by atoms with E-state index in [4.69, 9.17) is 28.0 Å². The molecule has 176 valence electrons. The van der Waals surface area contributed by atoms with E-state index in [-0.39, 0.29) is 27.2 Å². The molecule has 0 fully saturated rings. The Morgan fingerprint density at radius 2 is 1.68 bits per heavy atom. The maximum Gasteiger partial charge on any atom is 0.435 e. The summed E-state index contributed by atoms with van der Waals surface area (Å²) in [5.74, 6) is -0.238. The summed E-state index contributed by atoms with van der Waals surface area (Å²) in [5, 5.41) is 3.89. The number of alkyl halides is 3. The molecule has 0 bridgehead atoms. The molecule has 0 radical (unpaired) electrons. The Balaban J connectivity index is 1.63. The predicted octanol–water partition coefficient (Wildman–Crippen LogP) is 7.16. The van der Waals surface area contributed by atoms with Gasteiger partial charge in [0.15, 0.2) is 0 Å². The smallest absolute Gasteiger partial charge is 0.374 e. The fourth-order valence-electron chi connectivity index (χ4n) is 3.88. The van der Waals surface area contributed by atoms with Gasteiger partial charge in [-0.25, -0.2) is 0 Å². The summed E-state index contributed by atoms with van der Waals surface area (Å²) in [5.41, 5.74) is -0.666. The molecule has 0 spiro atoms. The van der Waals surface area contributed by atoms with Crippen molar-refractivity contribution in [3.8, 4) is 0 Å². The Morgan fingerprint density at radius 3 is 2.26 bits per heavy atom. The van der Waals surface area contributed by atoms with Crippen LogP contribution in [0.2, 0.25) is 10.0 Å². The van der Waals surface area contributed by atoms with Gasteiger partial charge in [-0.3, -0.25) is 4.79 Å². The third-order valence-electron chi connectivity index (χ3n) is 5.75. The van der Waals surface area contributed by atoms with Gasteiger partial charge >= 0.3 is 6.18 Å². The fourth-order valence-corrected chi connectivity index (χ4v) is 4.40. The van der Waals surface area contributed by atoms with Gasteiger partial charge in [0, 0.05) is 40.3 Å². The maximum absolute atomic E-state index is 14.2. The number of halogens is 5. The van der Waals surface area contributed by atoms with Crippen LogP contribution < -0.4 is 4.90 Å². The number of carbonyl (C=O) groups excluding carboxylic acids is 1. The zero-order valence-corrected chi connectivity index (χ0v) is 19.7. The van der Waals surface area contributed by atoms with Gasteiger partial charge in [0.1, 0.15) is 0 Å². The Hall–Kier alpha value is -3.03. The van der Waals surface area contributed by atoms with E-state index < -0.39 is 18.2 Å². The maximum atomic E-state index is 14.2. The molecule has 0 N–H and O–H groups in total. The first-order valence-corrected chi connectivity index (χ1v) is 11.0. The monoisotopic (exact) mass is 506 g/mol. The molecule has 0 aliphatic carbocycles. The van der Waals surface area contributed by atoms with Gasteiger partial charge in [-0.1, -0.05) is 52.6 Å². The number of anilines is 1. The zero-order valence-electron chi connectivity index (χ0n) is 18.2. The summed E-state index contributed by atoms with van der Waals surface area (Å²) < 4.78 is 42.7. The van der Waals surface area contributed by atoms with E-state index in [1.165, 1.54) is 23.1 Å². The molecule has 4 rings (SSSR count). The Labute approximate surface area is 204 Å². The van der Waals surface area contributed by atoms with Crippen LogP contribution in [0.5, 0.6) is 0 Å². The molecule has 0 saturated carbocycles. The first kappa shape index (κ1) is 24.1. The highest BCUT2D eigenvalue weighted by atomic mass is 35.5. The normalized spacial score (nSPS) is 17.8. The summed E-state index contributed by atoms with van der Waals surface area (Å²) in [6.07, 6.45) is -5.35. The van der Waals surface area contributed by atoms with Crippen LogP contribution in [-0.2, 0) is 10.4 Å². The number of hydrogen-bond donors (Lipinski definition) is 0. The lowest BCUT2D eigenvalue weighted by Crippen LogP contribution is -2.42. The van der Waals surface area contributed by atoms with Crippen LogP contribution in [0.3, 0.4) is 0 Å². The van der Waals surface area contributed by atoms with E-state index in [1.54, 1.807) is 32.2 Å². The van der Waals surface area contributed by atoms with Crippen LogP contribution >= 0.6 is 23.2 Å². The quantitative estimate of drug-likeness (QED) is 0.376. The second kappa shape index (κ2) is 8.96. The SMILES string of the molecule is Cc1cc(C2=NOC(c3cc(Cl)cc(Cl)c3)(C(F)(F)F)C2)ccc1C(=O)N(C)c1ccccc1. The molecule has 1 amide bonds. The number of oxime groups is 1. The summed E-state index contributed by atoms with van der Waals surface area (Å²) >= 11 is 11.9. The average Bonchev–Trinajstić information content (AvgIpc) is 3.25. The second-order valence-corrected chi connectivity index (χ2v) is 8.89. The lowest BCUT2D eigenvalue weighted by Gasteiger charge is -2.29. The van der Waals surface area contributed by atoms with Crippen LogP contribution in [0, 0.1) is 6.92 Å². The van der Waals surface area contributed by atoms with Gasteiger partial charge in [0.25, 0.3) is 11.5 Å². The molecule has 1 unspecified atom stereocenters. The molecule has 3 aromatic carbocycles. The fraction of sp³-hybridized carbons (Fsp3) is 0.200. The first-order valence-electron chi connectivity index (χ1n) is 10.2. The van der Waals surface area contributed by atoms with Crippen molar-refractivity contribution in [2.45, 2.75) is 25.1 Å². The molecular weight excluding hydrogens is 488 g/mol. The van der Waals surface area contributed by atoms with Gasteiger partial charge in [-0.15, -0.1) is 0 Å². The number of carbonyl (C=O) groups is 1. The van der Waals surface area contributed by atoms with Crippen LogP contribution in [0.25, 0.3) is 0 Å². The Morgan fingerprint density at radius 1 is 1.03 bits per heavy atom. The standard InChI is InChI=1S/C25H19Cl2F3N2O2/c1-15-10-16(8-9-21(15)23(33)32(2)20-6-4-3-5-7-20)22-14-24(34-31-22,25(28,29)30)17-11-18(26)13-19(27)12-17/h3-13H,14H2,1-2H3. The van der Waals surface area contributed by atoms with Crippen molar-refractivity contribution in [1.29, 1.82) is 0 Å². The van der Waals surface area contributed by atoms with Gasteiger partial charge in [0.2, 0.25) is 0 Å². The van der Waals surface area contributed by atoms with Crippen molar-refractivity contribution in [2.24, 2.45) is 5.16 Å². The van der Waals surface area contributed by atoms with Crippen molar-refractivity contribution >= 4 is 40.5 Å². The van der Waals surface area contributed by atoms with Crippen LogP contribution in [0.1, 0.15) is 33.5 Å². The number of aryl methyl sites for hydroxylation is 1. The average molecular weight is 507 g/mol. The molecule has 1 atom stereocenters. The summed E-state index contributed by atoms with van der Waals surface area (Å²) in [6.45, 7) is 1.72. The number of benzene rings is 3. The van der Waals surface area contributed by atoms with E-state index in [1.807, 2.05) is 30.3 Å². The number of rotatable bonds is 4. The van der Waals surface area contributed by atoms with Crippen molar-refractivity contribution in [1.82, 2.24) is 0 Å². The number of nitrogens with zero attached hydrogens (tertiary/aromatic N) is 2. The van der Waals surface area contributed by atoms with Crippen molar-refractivity contribution in [2.75, 3.05) is 11.9 Å². The lowest BCUT2D eigenvalue weighted by molar-refractivity contribution is -0.275. The largest absolute Gasteiger partial charge is 0.435 e. The molecule has 34 heavy (non-hydrogen) atoms. The van der Waals surface area contributed by atoms with Crippen molar-refractivity contribution in [3.63, 3.8) is 0 Å². The highest BCUT2D eigenvalue weighted by Crippen LogP contribution is 2.49. The number of hydrogen-bond acceptors (Lipinski definition) is 3. The minimum atomic E-state index is -4.78. The minimum absolute atomic E-state index is 0.0596. The molecular formula is C25H19Cl2F3N2O2. The van der Waals surface area contributed by atoms with Gasteiger partial charge in [0.05, 0.1) is 5.71 Å². The van der Waals surface area contributed by atoms with E-state index >= 15 is 0 Å². The molecule has 0 saturated heterocycles. The van der Waals surface area contributed by atoms with E-state index in [0.29, 0.717) is 16.7 Å². The van der Waals surface area contributed by atoms with Crippen LogP contribution in [0.4, 0.5) is 18.9 Å². The zero-order chi connectivity index (χ0) is 24.7. The first-order chi connectivity index (χ1) is 16.0. The topological polar surface area (TPSA) is 41.9 Å². The third kappa shape index (κ3) is 4.38. The molecule has 1 aliphatic rings. The molecule has 3 aromatic rings. The Kier molecular flexibility index (Phi) is 6.36. The highest BCUT2D eigenvalue weighted by Gasteiger charge is 2.62. The highest BCUT2D eigenvalue weighted by molar-refractivity contribution is 6.34. The summed E-state index contributed by atoms with van der Waals surface area (Å²) in [6, 6.07) is 17.6. The predicted molar refractivity (Wildman–Crippen MR) is 127 cm³/mol. The van der Waals surface area contributed by atoms with Gasteiger partial charge in [-0.05, 0) is 60.5 Å². The van der Waals surface area contributed by atoms with E-state index in [2.05, 4.69) is 5.16 Å². The van der Waals surface area contributed by atoms with Gasteiger partial charge < -0.3 is 9.74 Å². The van der Waals surface area contributed by atoms with Crippen molar-refractivity contribution in [3.05, 3.63) is 99.0 Å². The lowest BCUT2D eigenvalue weighted by atomic mass is 9.86. The third-order valence-corrected chi connectivity index (χ3v) is 6.19. The minimum Gasteiger partial charge on any atom is -0.374 e. The molecule has 9 heteroatoms. The Bertz CT molecular complexity index is 1260. The number of amides is 1. The molecule has 4 nitrogen and oxygen atoms in total.